The number of hydrogen-bond donors (Lipinski definition) is 1. The Morgan fingerprint density at radius 1 is 1.28 bits per heavy atom. The van der Waals surface area contributed by atoms with Crippen molar-refractivity contribution < 1.29 is 9.53 Å². The molecule has 0 bridgehead atoms. The minimum absolute atomic E-state index is 0.0373. The maximum Gasteiger partial charge on any atom is 0.255 e. The molecular formula is C22H28N4O3. The minimum atomic E-state index is -0.0373. The van der Waals surface area contributed by atoms with Gasteiger partial charge in [-0.25, -0.2) is 4.98 Å². The average molecular weight is 396 g/mol. The van der Waals surface area contributed by atoms with Crippen LogP contribution < -0.4 is 10.3 Å². The third kappa shape index (κ3) is 4.19. The quantitative estimate of drug-likeness (QED) is 0.837. The van der Waals surface area contributed by atoms with Crippen molar-refractivity contribution in [2.45, 2.75) is 45.2 Å². The van der Waals surface area contributed by atoms with Crippen molar-refractivity contribution in [3.8, 4) is 5.75 Å². The molecule has 1 saturated heterocycles. The molecule has 3 heterocycles. The van der Waals surface area contributed by atoms with E-state index in [0.717, 1.165) is 55.3 Å². The van der Waals surface area contributed by atoms with Gasteiger partial charge in [0.05, 0.1) is 18.4 Å². The number of nitrogens with zero attached hydrogens (tertiary/aromatic N) is 3. The van der Waals surface area contributed by atoms with Gasteiger partial charge in [0.2, 0.25) is 5.91 Å². The number of H-pyrrole nitrogens is 1. The van der Waals surface area contributed by atoms with Gasteiger partial charge in [-0.05, 0) is 24.1 Å². The largest absolute Gasteiger partial charge is 0.497 e. The van der Waals surface area contributed by atoms with Gasteiger partial charge in [0.15, 0.2) is 0 Å². The van der Waals surface area contributed by atoms with Crippen molar-refractivity contribution in [3.63, 3.8) is 0 Å². The Kier molecular flexibility index (Phi) is 5.67. The number of amides is 1. The molecule has 0 spiro atoms. The van der Waals surface area contributed by atoms with Crippen LogP contribution >= 0.6 is 0 Å². The zero-order chi connectivity index (χ0) is 20.4. The van der Waals surface area contributed by atoms with E-state index in [1.54, 1.807) is 7.11 Å². The summed E-state index contributed by atoms with van der Waals surface area (Å²) in [6.45, 7) is 5.55. The molecule has 0 saturated carbocycles. The summed E-state index contributed by atoms with van der Waals surface area (Å²) in [5.41, 5.74) is 2.84. The van der Waals surface area contributed by atoms with Gasteiger partial charge in [-0.1, -0.05) is 19.1 Å². The Morgan fingerprint density at radius 3 is 2.79 bits per heavy atom. The molecule has 1 N–H and O–H groups in total. The highest BCUT2D eigenvalue weighted by Crippen LogP contribution is 2.26. The second-order valence-corrected chi connectivity index (χ2v) is 7.86. The summed E-state index contributed by atoms with van der Waals surface area (Å²) in [7, 11) is 1.66. The topological polar surface area (TPSA) is 78.5 Å². The standard InChI is InChI=1S/C22H28N4O3/c1-3-20(27)26-11-8-16(13-26)21-23-19-9-10-25(14-18(19)22(28)24-21)12-15-4-6-17(29-2)7-5-15/h4-7,16H,3,8-14H2,1-2H3,(H,23,24,28). The van der Waals surface area contributed by atoms with E-state index in [4.69, 9.17) is 9.72 Å². The molecule has 1 unspecified atom stereocenters. The first-order valence-corrected chi connectivity index (χ1v) is 10.3. The normalized spacial score (nSPS) is 19.2. The summed E-state index contributed by atoms with van der Waals surface area (Å²) in [6.07, 6.45) is 2.15. The number of nitrogens with one attached hydrogen (secondary N) is 1. The first-order valence-electron chi connectivity index (χ1n) is 10.3. The summed E-state index contributed by atoms with van der Waals surface area (Å²) in [5.74, 6) is 1.88. The number of likely N-dealkylation sites (tertiary alicyclic amines) is 1. The van der Waals surface area contributed by atoms with E-state index in [1.165, 1.54) is 5.56 Å². The van der Waals surface area contributed by atoms with Crippen molar-refractivity contribution in [3.05, 3.63) is 57.3 Å². The van der Waals surface area contributed by atoms with Crippen LogP contribution in [0.5, 0.6) is 5.75 Å². The van der Waals surface area contributed by atoms with Crippen LogP contribution in [0.2, 0.25) is 0 Å². The zero-order valence-corrected chi connectivity index (χ0v) is 17.1. The fourth-order valence-corrected chi connectivity index (χ4v) is 4.25. The molecule has 7 heteroatoms. The second kappa shape index (κ2) is 8.37. The van der Waals surface area contributed by atoms with Crippen LogP contribution in [0.25, 0.3) is 0 Å². The van der Waals surface area contributed by atoms with E-state index in [-0.39, 0.29) is 17.4 Å². The van der Waals surface area contributed by atoms with Crippen LogP contribution in [0.3, 0.4) is 0 Å². The highest BCUT2D eigenvalue weighted by molar-refractivity contribution is 5.76. The molecule has 0 aliphatic carbocycles. The number of ether oxygens (including phenoxy) is 1. The first-order chi connectivity index (χ1) is 14.1. The number of benzene rings is 1. The molecule has 1 aromatic heterocycles. The van der Waals surface area contributed by atoms with Crippen LogP contribution in [0.1, 0.15) is 48.3 Å². The van der Waals surface area contributed by atoms with E-state index >= 15 is 0 Å². The number of aromatic nitrogens is 2. The van der Waals surface area contributed by atoms with Crippen LogP contribution in [0, 0.1) is 0 Å². The number of hydrogen-bond acceptors (Lipinski definition) is 5. The van der Waals surface area contributed by atoms with Crippen LogP contribution in [-0.4, -0.2) is 52.4 Å². The van der Waals surface area contributed by atoms with Crippen molar-refractivity contribution in [1.82, 2.24) is 19.8 Å². The number of fused-ring (bicyclic) bond motifs is 1. The van der Waals surface area contributed by atoms with E-state index in [0.29, 0.717) is 19.5 Å². The average Bonchev–Trinajstić information content (AvgIpc) is 3.24. The maximum atomic E-state index is 12.8. The van der Waals surface area contributed by atoms with Gasteiger partial charge in [0, 0.05) is 51.5 Å². The highest BCUT2D eigenvalue weighted by atomic mass is 16.5. The lowest BCUT2D eigenvalue weighted by molar-refractivity contribution is -0.129. The van der Waals surface area contributed by atoms with Gasteiger partial charge in [-0.3, -0.25) is 14.5 Å². The molecule has 4 rings (SSSR count). The fourth-order valence-electron chi connectivity index (χ4n) is 4.25. The van der Waals surface area contributed by atoms with E-state index in [1.807, 2.05) is 24.0 Å². The van der Waals surface area contributed by atoms with Crippen molar-refractivity contribution in [1.29, 1.82) is 0 Å². The lowest BCUT2D eigenvalue weighted by Gasteiger charge is -2.28. The molecule has 2 aliphatic heterocycles. The van der Waals surface area contributed by atoms with Gasteiger partial charge in [-0.2, -0.15) is 0 Å². The number of carbonyl (C=O) groups excluding carboxylic acids is 1. The molecule has 2 aromatic rings. The summed E-state index contributed by atoms with van der Waals surface area (Å²) >= 11 is 0. The predicted octanol–water partition coefficient (Wildman–Crippen LogP) is 2.06. The van der Waals surface area contributed by atoms with Crippen LogP contribution in [0.15, 0.2) is 29.1 Å². The first kappa shape index (κ1) is 19.6. The SMILES string of the molecule is CCC(=O)N1CCC(c2nc3c(c(=O)[nH]2)CN(Cc2ccc(OC)cc2)CC3)C1. The molecule has 7 nitrogen and oxygen atoms in total. The Balaban J connectivity index is 1.45. The van der Waals surface area contributed by atoms with Crippen molar-refractivity contribution in [2.24, 2.45) is 0 Å². The van der Waals surface area contributed by atoms with Gasteiger partial charge in [-0.15, -0.1) is 0 Å². The second-order valence-electron chi connectivity index (χ2n) is 7.86. The summed E-state index contributed by atoms with van der Waals surface area (Å²) in [6, 6.07) is 8.04. The maximum absolute atomic E-state index is 12.8. The number of rotatable bonds is 5. The molecule has 2 aliphatic rings. The molecule has 1 aromatic carbocycles. The molecule has 154 valence electrons. The molecule has 1 atom stereocenters. The monoisotopic (exact) mass is 396 g/mol. The summed E-state index contributed by atoms with van der Waals surface area (Å²) in [4.78, 5) is 36.7. The van der Waals surface area contributed by atoms with E-state index < -0.39 is 0 Å². The smallest absolute Gasteiger partial charge is 0.255 e. The zero-order valence-electron chi connectivity index (χ0n) is 17.1. The third-order valence-electron chi connectivity index (χ3n) is 5.96. The molecule has 0 radical (unpaired) electrons. The van der Waals surface area contributed by atoms with Gasteiger partial charge < -0.3 is 14.6 Å². The van der Waals surface area contributed by atoms with E-state index in [9.17, 15) is 9.59 Å². The Morgan fingerprint density at radius 2 is 2.07 bits per heavy atom. The Bertz CT molecular complexity index is 938. The Hall–Kier alpha value is -2.67. The fraction of sp³-hybridized carbons (Fsp3) is 0.500. The van der Waals surface area contributed by atoms with E-state index in [2.05, 4.69) is 22.0 Å². The predicted molar refractivity (Wildman–Crippen MR) is 110 cm³/mol. The summed E-state index contributed by atoms with van der Waals surface area (Å²) < 4.78 is 5.21. The van der Waals surface area contributed by atoms with Crippen LogP contribution in [-0.2, 0) is 24.3 Å². The number of carbonyl (C=O) groups is 1. The number of methoxy groups -OCH3 is 1. The minimum Gasteiger partial charge on any atom is -0.497 e. The molecule has 1 fully saturated rings. The van der Waals surface area contributed by atoms with Crippen molar-refractivity contribution >= 4 is 5.91 Å². The number of aromatic amines is 1. The molecular weight excluding hydrogens is 368 g/mol. The Labute approximate surface area is 170 Å². The van der Waals surface area contributed by atoms with Crippen LogP contribution in [0.4, 0.5) is 0 Å². The highest BCUT2D eigenvalue weighted by Gasteiger charge is 2.30. The third-order valence-corrected chi connectivity index (χ3v) is 5.96. The van der Waals surface area contributed by atoms with Crippen molar-refractivity contribution in [2.75, 3.05) is 26.7 Å². The lowest BCUT2D eigenvalue weighted by atomic mass is 10.0. The summed E-state index contributed by atoms with van der Waals surface area (Å²) in [5, 5.41) is 0. The van der Waals surface area contributed by atoms with Gasteiger partial charge in [0.25, 0.3) is 5.56 Å². The van der Waals surface area contributed by atoms with Gasteiger partial charge in [0.1, 0.15) is 11.6 Å². The lowest BCUT2D eigenvalue weighted by Crippen LogP contribution is -2.36. The van der Waals surface area contributed by atoms with Gasteiger partial charge >= 0.3 is 0 Å². The molecule has 1 amide bonds. The molecule has 29 heavy (non-hydrogen) atoms.